The summed E-state index contributed by atoms with van der Waals surface area (Å²) >= 11 is 1.30. The van der Waals surface area contributed by atoms with Crippen molar-refractivity contribution in [2.24, 2.45) is 0 Å². The fourth-order valence-electron chi connectivity index (χ4n) is 3.04. The van der Waals surface area contributed by atoms with Gasteiger partial charge in [-0.25, -0.2) is 4.98 Å². The number of nitrogens with zero attached hydrogens (tertiary/aromatic N) is 2. The molecule has 1 saturated heterocycles. The zero-order chi connectivity index (χ0) is 20.2. The van der Waals surface area contributed by atoms with E-state index in [0.29, 0.717) is 29.3 Å². The number of anilines is 1. The Hall–Kier alpha value is -3.17. The lowest BCUT2D eigenvalue weighted by molar-refractivity contribution is 0.0833. The molecule has 1 aromatic carbocycles. The first-order valence-electron chi connectivity index (χ1n) is 9.17. The maximum atomic E-state index is 12.6. The predicted octanol–water partition coefficient (Wildman–Crippen LogP) is 2.62. The van der Waals surface area contributed by atoms with E-state index in [4.69, 9.17) is 9.15 Å². The van der Waals surface area contributed by atoms with Gasteiger partial charge in [0.05, 0.1) is 25.2 Å². The SMILES string of the molecule is Cc1nc(N2CCOCC2)sc1C(=O)NNC(=O)c1occc1-c1ccccc1. The normalized spacial score (nSPS) is 13.9. The van der Waals surface area contributed by atoms with Crippen molar-refractivity contribution in [2.75, 3.05) is 31.2 Å². The molecule has 0 atom stereocenters. The van der Waals surface area contributed by atoms with Crippen LogP contribution in [0.4, 0.5) is 5.13 Å². The quantitative estimate of drug-likeness (QED) is 0.640. The average Bonchev–Trinajstić information content (AvgIpc) is 3.40. The molecule has 1 aliphatic heterocycles. The summed E-state index contributed by atoms with van der Waals surface area (Å²) in [6.45, 7) is 4.54. The monoisotopic (exact) mass is 412 g/mol. The van der Waals surface area contributed by atoms with Crippen LogP contribution >= 0.6 is 11.3 Å². The van der Waals surface area contributed by atoms with Gasteiger partial charge in [-0.15, -0.1) is 0 Å². The van der Waals surface area contributed by atoms with Gasteiger partial charge < -0.3 is 14.1 Å². The van der Waals surface area contributed by atoms with E-state index in [-0.39, 0.29) is 5.76 Å². The van der Waals surface area contributed by atoms with Crippen LogP contribution < -0.4 is 15.8 Å². The largest absolute Gasteiger partial charge is 0.458 e. The molecule has 0 spiro atoms. The molecule has 1 fully saturated rings. The number of hydrogen-bond donors (Lipinski definition) is 2. The predicted molar refractivity (Wildman–Crippen MR) is 109 cm³/mol. The van der Waals surface area contributed by atoms with E-state index in [0.717, 1.165) is 23.8 Å². The zero-order valence-electron chi connectivity index (χ0n) is 15.8. The summed E-state index contributed by atoms with van der Waals surface area (Å²) in [5.74, 6) is -0.815. The van der Waals surface area contributed by atoms with E-state index in [1.807, 2.05) is 30.3 Å². The van der Waals surface area contributed by atoms with E-state index < -0.39 is 11.8 Å². The van der Waals surface area contributed by atoms with Crippen LogP contribution in [-0.2, 0) is 4.74 Å². The smallest absolute Gasteiger partial charge is 0.306 e. The van der Waals surface area contributed by atoms with Crippen molar-refractivity contribution in [3.63, 3.8) is 0 Å². The highest BCUT2D eigenvalue weighted by molar-refractivity contribution is 7.17. The van der Waals surface area contributed by atoms with E-state index in [1.165, 1.54) is 17.6 Å². The Morgan fingerprint density at radius 2 is 1.79 bits per heavy atom. The first-order chi connectivity index (χ1) is 14.1. The number of carbonyl (C=O) groups excluding carboxylic acids is 2. The van der Waals surface area contributed by atoms with Crippen molar-refractivity contribution in [3.8, 4) is 11.1 Å². The lowest BCUT2D eigenvalue weighted by Gasteiger charge is -2.25. The Bertz CT molecular complexity index is 1010. The molecule has 0 unspecified atom stereocenters. The lowest BCUT2D eigenvalue weighted by Crippen LogP contribution is -2.41. The summed E-state index contributed by atoms with van der Waals surface area (Å²) in [5, 5.41) is 0.777. The van der Waals surface area contributed by atoms with Gasteiger partial charge in [0, 0.05) is 18.7 Å². The van der Waals surface area contributed by atoms with Crippen molar-refractivity contribution in [3.05, 3.63) is 59.0 Å². The van der Waals surface area contributed by atoms with Crippen LogP contribution in [0.2, 0.25) is 0 Å². The van der Waals surface area contributed by atoms with E-state index >= 15 is 0 Å². The number of benzene rings is 1. The van der Waals surface area contributed by atoms with E-state index in [1.54, 1.807) is 13.0 Å². The van der Waals surface area contributed by atoms with Crippen LogP contribution in [0.3, 0.4) is 0 Å². The van der Waals surface area contributed by atoms with Crippen LogP contribution in [0.15, 0.2) is 47.1 Å². The topological polar surface area (TPSA) is 96.7 Å². The summed E-state index contributed by atoms with van der Waals surface area (Å²) in [6, 6.07) is 11.1. The molecule has 1 aliphatic rings. The highest BCUT2D eigenvalue weighted by Crippen LogP contribution is 2.27. The third kappa shape index (κ3) is 4.15. The number of carbonyl (C=O) groups is 2. The van der Waals surface area contributed by atoms with Crippen molar-refractivity contribution in [1.29, 1.82) is 0 Å². The van der Waals surface area contributed by atoms with Crippen LogP contribution in [0.5, 0.6) is 0 Å². The van der Waals surface area contributed by atoms with Crippen molar-refractivity contribution in [2.45, 2.75) is 6.92 Å². The number of aromatic nitrogens is 1. The van der Waals surface area contributed by atoms with Gasteiger partial charge in [0.25, 0.3) is 5.91 Å². The van der Waals surface area contributed by atoms with Gasteiger partial charge in [0.15, 0.2) is 5.13 Å². The number of aryl methyl sites for hydroxylation is 1. The summed E-state index contributed by atoms with van der Waals surface area (Å²) in [4.78, 5) is 32.1. The number of nitrogens with one attached hydrogen (secondary N) is 2. The van der Waals surface area contributed by atoms with E-state index in [2.05, 4.69) is 20.7 Å². The highest BCUT2D eigenvalue weighted by atomic mass is 32.1. The Morgan fingerprint density at radius 1 is 1.07 bits per heavy atom. The molecule has 8 nitrogen and oxygen atoms in total. The third-order valence-electron chi connectivity index (χ3n) is 4.52. The van der Waals surface area contributed by atoms with Gasteiger partial charge in [-0.2, -0.15) is 0 Å². The molecule has 2 amide bonds. The van der Waals surface area contributed by atoms with Crippen molar-refractivity contribution in [1.82, 2.24) is 15.8 Å². The average molecular weight is 412 g/mol. The lowest BCUT2D eigenvalue weighted by atomic mass is 10.1. The molecular formula is C20H20N4O4S. The summed E-state index contributed by atoms with van der Waals surface area (Å²) < 4.78 is 10.7. The molecular weight excluding hydrogens is 392 g/mol. The minimum atomic E-state index is -0.530. The van der Waals surface area contributed by atoms with Crippen LogP contribution in [-0.4, -0.2) is 43.1 Å². The van der Waals surface area contributed by atoms with Gasteiger partial charge in [-0.05, 0) is 18.6 Å². The Balaban J connectivity index is 1.42. The molecule has 3 aromatic rings. The Morgan fingerprint density at radius 3 is 2.55 bits per heavy atom. The minimum Gasteiger partial charge on any atom is -0.458 e. The number of hydrazine groups is 1. The molecule has 2 aromatic heterocycles. The first-order valence-corrected chi connectivity index (χ1v) is 9.99. The van der Waals surface area contributed by atoms with Crippen LogP contribution in [0.25, 0.3) is 11.1 Å². The van der Waals surface area contributed by atoms with Gasteiger partial charge >= 0.3 is 5.91 Å². The zero-order valence-corrected chi connectivity index (χ0v) is 16.6. The summed E-state index contributed by atoms with van der Waals surface area (Å²) in [5.41, 5.74) is 7.00. The summed E-state index contributed by atoms with van der Waals surface area (Å²) in [6.07, 6.45) is 1.45. The molecule has 150 valence electrons. The maximum Gasteiger partial charge on any atom is 0.306 e. The fraction of sp³-hybridized carbons (Fsp3) is 0.250. The van der Waals surface area contributed by atoms with Crippen molar-refractivity contribution < 1.29 is 18.7 Å². The molecule has 9 heteroatoms. The first kappa shape index (κ1) is 19.2. The maximum absolute atomic E-state index is 12.6. The van der Waals surface area contributed by atoms with Gasteiger partial charge in [-0.3, -0.25) is 20.4 Å². The number of amides is 2. The molecule has 0 saturated carbocycles. The Kier molecular flexibility index (Phi) is 5.59. The standard InChI is InChI=1S/C20H20N4O4S/c1-13-17(29-20(21-13)24-8-11-27-12-9-24)19(26)23-22-18(25)16-15(7-10-28-16)14-5-3-2-4-6-14/h2-7,10H,8-9,11-12H2,1H3,(H,22,25)(H,23,26). The van der Waals surface area contributed by atoms with Crippen molar-refractivity contribution >= 4 is 28.3 Å². The molecule has 29 heavy (non-hydrogen) atoms. The molecule has 2 N–H and O–H groups in total. The number of ether oxygens (including phenoxy) is 1. The third-order valence-corrected chi connectivity index (χ3v) is 5.74. The van der Waals surface area contributed by atoms with Gasteiger partial charge in [-0.1, -0.05) is 41.7 Å². The number of hydrogen-bond acceptors (Lipinski definition) is 7. The second-order valence-corrected chi connectivity index (χ2v) is 7.43. The highest BCUT2D eigenvalue weighted by Gasteiger charge is 2.22. The van der Waals surface area contributed by atoms with Crippen LogP contribution in [0.1, 0.15) is 25.9 Å². The van der Waals surface area contributed by atoms with Gasteiger partial charge in [0.1, 0.15) is 4.88 Å². The molecule has 0 radical (unpaired) electrons. The molecule has 0 bridgehead atoms. The number of furan rings is 1. The minimum absolute atomic E-state index is 0.131. The van der Waals surface area contributed by atoms with Gasteiger partial charge in [0.2, 0.25) is 5.76 Å². The number of rotatable bonds is 4. The number of thiazole rings is 1. The molecule has 4 rings (SSSR count). The number of morpholine rings is 1. The second-order valence-electron chi connectivity index (χ2n) is 6.45. The summed E-state index contributed by atoms with van der Waals surface area (Å²) in [7, 11) is 0. The fourth-order valence-corrected chi connectivity index (χ4v) is 4.05. The molecule has 3 heterocycles. The Labute approximate surface area is 171 Å². The van der Waals surface area contributed by atoms with Crippen LogP contribution in [0, 0.1) is 6.92 Å². The molecule has 0 aliphatic carbocycles. The second kappa shape index (κ2) is 8.46. The van der Waals surface area contributed by atoms with E-state index in [9.17, 15) is 9.59 Å².